The molecule has 3 heteroatoms. The number of aliphatic hydroxyl groups is 1. The van der Waals surface area contributed by atoms with Crippen molar-refractivity contribution >= 4 is 10.9 Å². The van der Waals surface area contributed by atoms with Gasteiger partial charge in [0.15, 0.2) is 0 Å². The second-order valence-corrected chi connectivity index (χ2v) is 3.98. The van der Waals surface area contributed by atoms with E-state index >= 15 is 0 Å². The first-order valence-corrected chi connectivity index (χ1v) is 5.50. The zero-order valence-corrected chi connectivity index (χ0v) is 9.13. The predicted octanol–water partition coefficient (Wildman–Crippen LogP) is 1.49. The molecule has 2 rings (SSSR count). The van der Waals surface area contributed by atoms with Crippen molar-refractivity contribution < 1.29 is 5.11 Å². The maximum atomic E-state index is 8.84. The van der Waals surface area contributed by atoms with Crippen LogP contribution in [-0.2, 0) is 6.42 Å². The summed E-state index contributed by atoms with van der Waals surface area (Å²) in [5, 5.41) is 9.99. The van der Waals surface area contributed by atoms with E-state index in [4.69, 9.17) is 10.8 Å². The molecule has 0 radical (unpaired) electrons. The lowest BCUT2D eigenvalue weighted by molar-refractivity contribution is 0.260. The van der Waals surface area contributed by atoms with E-state index in [1.165, 1.54) is 0 Å². The van der Waals surface area contributed by atoms with Crippen LogP contribution < -0.4 is 5.73 Å². The molecule has 1 unspecified atom stereocenters. The van der Waals surface area contributed by atoms with Crippen LogP contribution in [0.2, 0.25) is 0 Å². The Hall–Kier alpha value is -1.45. The summed E-state index contributed by atoms with van der Waals surface area (Å²) < 4.78 is 0. The molecule has 1 atom stereocenters. The molecule has 3 nitrogen and oxygen atoms in total. The number of nitrogens with zero attached hydrogens (tertiary/aromatic N) is 1. The number of nitrogens with two attached hydrogens (primary N) is 1. The fourth-order valence-electron chi connectivity index (χ4n) is 1.67. The highest BCUT2D eigenvalue weighted by Gasteiger charge is 2.02. The highest BCUT2D eigenvalue weighted by Crippen LogP contribution is 2.12. The monoisotopic (exact) mass is 216 g/mol. The second-order valence-electron chi connectivity index (χ2n) is 3.98. The Bertz CT molecular complexity index is 470. The molecule has 0 aliphatic carbocycles. The number of aryl methyl sites for hydroxylation is 1. The number of hydrogen-bond donors (Lipinski definition) is 2. The summed E-state index contributed by atoms with van der Waals surface area (Å²) in [5.41, 5.74) is 7.70. The van der Waals surface area contributed by atoms with Crippen LogP contribution in [-0.4, -0.2) is 22.7 Å². The van der Waals surface area contributed by atoms with Gasteiger partial charge in [-0.05, 0) is 25.0 Å². The van der Waals surface area contributed by atoms with E-state index < -0.39 is 0 Å². The Balaban J connectivity index is 2.13. The summed E-state index contributed by atoms with van der Waals surface area (Å²) in [6.07, 6.45) is 1.58. The molecule has 16 heavy (non-hydrogen) atoms. The maximum absolute atomic E-state index is 8.84. The van der Waals surface area contributed by atoms with Crippen LogP contribution >= 0.6 is 0 Å². The zero-order chi connectivity index (χ0) is 11.4. The molecule has 1 heterocycles. The Morgan fingerprint density at radius 3 is 2.81 bits per heavy atom. The van der Waals surface area contributed by atoms with Gasteiger partial charge in [-0.1, -0.05) is 24.3 Å². The zero-order valence-electron chi connectivity index (χ0n) is 9.13. The number of fused-ring (bicyclic) bond motifs is 1. The Kier molecular flexibility index (Phi) is 3.49. The van der Waals surface area contributed by atoms with E-state index in [-0.39, 0.29) is 12.6 Å². The van der Waals surface area contributed by atoms with Crippen LogP contribution in [0, 0.1) is 0 Å². The summed E-state index contributed by atoms with van der Waals surface area (Å²) in [5.74, 6) is 0. The standard InChI is InChI=1S/C13H16N2O/c14-11(9-16)6-8-12-7-5-10-3-1-2-4-13(10)15-12/h1-5,7,11,16H,6,8-9,14H2. The van der Waals surface area contributed by atoms with Gasteiger partial charge in [0.1, 0.15) is 0 Å². The van der Waals surface area contributed by atoms with Crippen molar-refractivity contribution in [3.63, 3.8) is 0 Å². The molecule has 0 saturated carbocycles. The molecule has 0 spiro atoms. The van der Waals surface area contributed by atoms with Gasteiger partial charge in [-0.2, -0.15) is 0 Å². The lowest BCUT2D eigenvalue weighted by atomic mass is 10.1. The van der Waals surface area contributed by atoms with Gasteiger partial charge in [-0.25, -0.2) is 0 Å². The number of aliphatic hydroxyl groups excluding tert-OH is 1. The topological polar surface area (TPSA) is 59.1 Å². The molecule has 0 amide bonds. The van der Waals surface area contributed by atoms with Gasteiger partial charge >= 0.3 is 0 Å². The first-order chi connectivity index (χ1) is 7.79. The average Bonchev–Trinajstić information content (AvgIpc) is 2.35. The van der Waals surface area contributed by atoms with Gasteiger partial charge in [0, 0.05) is 17.1 Å². The largest absolute Gasteiger partial charge is 0.395 e. The van der Waals surface area contributed by atoms with Crippen molar-refractivity contribution in [2.75, 3.05) is 6.61 Å². The van der Waals surface area contributed by atoms with E-state index in [1.807, 2.05) is 30.3 Å². The molecule has 0 bridgehead atoms. The van der Waals surface area contributed by atoms with Gasteiger partial charge in [0.2, 0.25) is 0 Å². The van der Waals surface area contributed by atoms with Gasteiger partial charge in [-0.3, -0.25) is 4.98 Å². The van der Waals surface area contributed by atoms with E-state index in [1.54, 1.807) is 0 Å². The van der Waals surface area contributed by atoms with Crippen LogP contribution in [0.25, 0.3) is 10.9 Å². The van der Waals surface area contributed by atoms with Crippen molar-refractivity contribution in [3.8, 4) is 0 Å². The van der Waals surface area contributed by atoms with E-state index in [9.17, 15) is 0 Å². The smallest absolute Gasteiger partial charge is 0.0705 e. The number of pyridine rings is 1. The highest BCUT2D eigenvalue weighted by atomic mass is 16.3. The molecule has 0 saturated heterocycles. The highest BCUT2D eigenvalue weighted by molar-refractivity contribution is 5.78. The summed E-state index contributed by atoms with van der Waals surface area (Å²) >= 11 is 0. The van der Waals surface area contributed by atoms with Gasteiger partial charge < -0.3 is 10.8 Å². The molecule has 0 aliphatic heterocycles. The molecular weight excluding hydrogens is 200 g/mol. The Morgan fingerprint density at radius 1 is 1.19 bits per heavy atom. The molecule has 0 fully saturated rings. The lowest BCUT2D eigenvalue weighted by Crippen LogP contribution is -2.24. The number of rotatable bonds is 4. The van der Waals surface area contributed by atoms with Crippen molar-refractivity contribution in [1.82, 2.24) is 4.98 Å². The normalized spacial score (nSPS) is 12.9. The average molecular weight is 216 g/mol. The summed E-state index contributed by atoms with van der Waals surface area (Å²) in [4.78, 5) is 4.54. The first-order valence-electron chi connectivity index (χ1n) is 5.50. The van der Waals surface area contributed by atoms with E-state index in [2.05, 4.69) is 11.1 Å². The summed E-state index contributed by atoms with van der Waals surface area (Å²) in [7, 11) is 0. The molecule has 84 valence electrons. The second kappa shape index (κ2) is 5.05. The van der Waals surface area contributed by atoms with Crippen LogP contribution in [0.5, 0.6) is 0 Å². The molecule has 1 aromatic carbocycles. The van der Waals surface area contributed by atoms with E-state index in [0.29, 0.717) is 0 Å². The number of aromatic nitrogens is 1. The lowest BCUT2D eigenvalue weighted by Gasteiger charge is -2.07. The SMILES string of the molecule is NC(CO)CCc1ccc2ccccc2n1. The summed E-state index contributed by atoms with van der Waals surface area (Å²) in [6.45, 7) is 0.0353. The van der Waals surface area contributed by atoms with Crippen LogP contribution in [0.15, 0.2) is 36.4 Å². The minimum atomic E-state index is -0.145. The van der Waals surface area contributed by atoms with Crippen LogP contribution in [0.4, 0.5) is 0 Å². The molecular formula is C13H16N2O. The third-order valence-corrected chi connectivity index (χ3v) is 2.66. The molecule has 3 N–H and O–H groups in total. The molecule has 0 aliphatic rings. The predicted molar refractivity (Wildman–Crippen MR) is 65.1 cm³/mol. The fourth-order valence-corrected chi connectivity index (χ4v) is 1.67. The number of hydrogen-bond acceptors (Lipinski definition) is 3. The van der Waals surface area contributed by atoms with Gasteiger partial charge in [-0.15, -0.1) is 0 Å². The van der Waals surface area contributed by atoms with E-state index in [0.717, 1.165) is 29.4 Å². The molecule has 1 aromatic heterocycles. The van der Waals surface area contributed by atoms with Gasteiger partial charge in [0.25, 0.3) is 0 Å². The third-order valence-electron chi connectivity index (χ3n) is 2.66. The number of benzene rings is 1. The van der Waals surface area contributed by atoms with Crippen molar-refractivity contribution in [3.05, 3.63) is 42.1 Å². The minimum absolute atomic E-state index is 0.0353. The Morgan fingerprint density at radius 2 is 2.00 bits per heavy atom. The van der Waals surface area contributed by atoms with Crippen molar-refractivity contribution in [2.24, 2.45) is 5.73 Å². The Labute approximate surface area is 94.9 Å². The van der Waals surface area contributed by atoms with Crippen molar-refractivity contribution in [1.29, 1.82) is 0 Å². The maximum Gasteiger partial charge on any atom is 0.0705 e. The van der Waals surface area contributed by atoms with Crippen LogP contribution in [0.1, 0.15) is 12.1 Å². The number of para-hydroxylation sites is 1. The van der Waals surface area contributed by atoms with Crippen LogP contribution in [0.3, 0.4) is 0 Å². The fraction of sp³-hybridized carbons (Fsp3) is 0.308. The quantitative estimate of drug-likeness (QED) is 0.814. The third kappa shape index (κ3) is 2.56. The molecule has 2 aromatic rings. The van der Waals surface area contributed by atoms with Gasteiger partial charge in [0.05, 0.1) is 12.1 Å². The summed E-state index contributed by atoms with van der Waals surface area (Å²) in [6, 6.07) is 12.0. The van der Waals surface area contributed by atoms with Crippen molar-refractivity contribution in [2.45, 2.75) is 18.9 Å². The minimum Gasteiger partial charge on any atom is -0.395 e. The first kappa shape index (κ1) is 11.0.